The lowest BCUT2D eigenvalue weighted by molar-refractivity contribution is 0.442. The molecule has 0 N–H and O–H groups in total. The average Bonchev–Trinajstić information content (AvgIpc) is 2.80. The molecule has 0 amide bonds. The van der Waals surface area contributed by atoms with Crippen molar-refractivity contribution in [2.45, 2.75) is 45.6 Å². The fourth-order valence-corrected chi connectivity index (χ4v) is 3.92. The van der Waals surface area contributed by atoms with Crippen LogP contribution in [0.1, 0.15) is 37.2 Å². The molecule has 21 heavy (non-hydrogen) atoms. The molecule has 1 atom stereocenters. The van der Waals surface area contributed by atoms with E-state index in [2.05, 4.69) is 65.2 Å². The van der Waals surface area contributed by atoms with Gasteiger partial charge in [0.1, 0.15) is 0 Å². The highest BCUT2D eigenvalue weighted by atomic mass is 79.9. The van der Waals surface area contributed by atoms with E-state index < -0.39 is 0 Å². The van der Waals surface area contributed by atoms with E-state index in [0.717, 1.165) is 41.1 Å². The first-order valence-electron chi connectivity index (χ1n) is 7.41. The molecule has 0 saturated carbocycles. The van der Waals surface area contributed by atoms with Crippen molar-refractivity contribution in [3.63, 3.8) is 0 Å². The second kappa shape index (κ2) is 6.97. The molecular formula is C17H22BrClN2. The van der Waals surface area contributed by atoms with E-state index >= 15 is 0 Å². The summed E-state index contributed by atoms with van der Waals surface area (Å²) in [6, 6.07) is 10.7. The van der Waals surface area contributed by atoms with Gasteiger partial charge in [-0.15, -0.1) is 0 Å². The summed E-state index contributed by atoms with van der Waals surface area (Å²) in [5, 5.41) is 6.26. The van der Waals surface area contributed by atoms with Gasteiger partial charge in [-0.3, -0.25) is 4.68 Å². The highest BCUT2D eigenvalue weighted by Gasteiger charge is 2.32. The number of aromatic nitrogens is 2. The molecule has 0 aliphatic rings. The highest BCUT2D eigenvalue weighted by molar-refractivity contribution is 9.09. The number of nitrogens with zero attached hydrogens (tertiary/aromatic N) is 2. The largest absolute Gasteiger partial charge is 0.268 e. The zero-order valence-corrected chi connectivity index (χ0v) is 15.2. The van der Waals surface area contributed by atoms with Gasteiger partial charge in [0.05, 0.1) is 16.4 Å². The summed E-state index contributed by atoms with van der Waals surface area (Å²) in [4.78, 5) is 0. The summed E-state index contributed by atoms with van der Waals surface area (Å²) < 4.78 is 2.04. The van der Waals surface area contributed by atoms with E-state index in [0.29, 0.717) is 0 Å². The van der Waals surface area contributed by atoms with Gasteiger partial charge in [-0.2, -0.15) is 5.10 Å². The van der Waals surface area contributed by atoms with E-state index in [1.54, 1.807) is 0 Å². The first-order valence-corrected chi connectivity index (χ1v) is 8.91. The van der Waals surface area contributed by atoms with Crippen LogP contribution in [0, 0.1) is 6.92 Å². The molecule has 2 nitrogen and oxygen atoms in total. The third kappa shape index (κ3) is 3.19. The Morgan fingerprint density at radius 3 is 2.43 bits per heavy atom. The van der Waals surface area contributed by atoms with Crippen molar-refractivity contribution >= 4 is 27.5 Å². The maximum absolute atomic E-state index is 6.50. The predicted molar refractivity (Wildman–Crippen MR) is 93.6 cm³/mol. The third-order valence-electron chi connectivity index (χ3n) is 4.28. The molecule has 1 aromatic carbocycles. The van der Waals surface area contributed by atoms with Crippen molar-refractivity contribution in [2.24, 2.45) is 0 Å². The predicted octanol–water partition coefficient (Wildman–Crippen LogP) is 5.15. The first kappa shape index (κ1) is 16.6. The molecule has 0 aliphatic heterocycles. The Morgan fingerprint density at radius 2 is 1.90 bits per heavy atom. The lowest BCUT2D eigenvalue weighted by atomic mass is 9.76. The van der Waals surface area contributed by atoms with E-state index in [9.17, 15) is 0 Å². The fraction of sp³-hybridized carbons (Fsp3) is 0.471. The molecule has 2 rings (SSSR count). The van der Waals surface area contributed by atoms with Crippen molar-refractivity contribution < 1.29 is 0 Å². The minimum atomic E-state index is 0.0459. The van der Waals surface area contributed by atoms with Crippen LogP contribution in [0.4, 0.5) is 0 Å². The average molecular weight is 370 g/mol. The lowest BCUT2D eigenvalue weighted by Crippen LogP contribution is -2.31. The van der Waals surface area contributed by atoms with Crippen molar-refractivity contribution in [1.82, 2.24) is 9.78 Å². The summed E-state index contributed by atoms with van der Waals surface area (Å²) >= 11 is 10.2. The fourth-order valence-electron chi connectivity index (χ4n) is 2.80. The first-order chi connectivity index (χ1) is 10.1. The van der Waals surface area contributed by atoms with Gasteiger partial charge in [0.25, 0.3) is 0 Å². The van der Waals surface area contributed by atoms with Gasteiger partial charge in [-0.25, -0.2) is 0 Å². The number of alkyl halides is 1. The Morgan fingerprint density at radius 1 is 1.24 bits per heavy atom. The van der Waals surface area contributed by atoms with Gasteiger partial charge in [-0.1, -0.05) is 64.8 Å². The molecule has 114 valence electrons. The van der Waals surface area contributed by atoms with Crippen molar-refractivity contribution in [3.8, 4) is 0 Å². The second-order valence-electron chi connectivity index (χ2n) is 5.47. The number of benzene rings is 1. The minimum absolute atomic E-state index is 0.0459. The minimum Gasteiger partial charge on any atom is -0.268 e. The number of hydrogen-bond acceptors (Lipinski definition) is 1. The third-order valence-corrected chi connectivity index (χ3v) is 5.84. The van der Waals surface area contributed by atoms with Crippen molar-refractivity contribution in [2.75, 3.05) is 5.33 Å². The highest BCUT2D eigenvalue weighted by Crippen LogP contribution is 2.36. The van der Waals surface area contributed by atoms with Gasteiger partial charge in [-0.05, 0) is 25.8 Å². The monoisotopic (exact) mass is 368 g/mol. The summed E-state index contributed by atoms with van der Waals surface area (Å²) in [5.41, 5.74) is 3.45. The van der Waals surface area contributed by atoms with E-state index in [1.165, 1.54) is 5.56 Å². The van der Waals surface area contributed by atoms with Crippen LogP contribution in [0.3, 0.4) is 0 Å². The Balaban J connectivity index is 2.46. The smallest absolute Gasteiger partial charge is 0.0847 e. The number of hydrogen-bond donors (Lipinski definition) is 0. The molecule has 0 aliphatic carbocycles. The Bertz CT molecular complexity index is 588. The zero-order chi connectivity index (χ0) is 15.5. The van der Waals surface area contributed by atoms with Gasteiger partial charge in [0.15, 0.2) is 0 Å². The van der Waals surface area contributed by atoms with Crippen LogP contribution in [0.2, 0.25) is 5.02 Å². The Hall–Kier alpha value is -0.800. The van der Waals surface area contributed by atoms with Gasteiger partial charge < -0.3 is 0 Å². The summed E-state index contributed by atoms with van der Waals surface area (Å²) in [6.07, 6.45) is 1.94. The van der Waals surface area contributed by atoms with Crippen molar-refractivity contribution in [1.29, 1.82) is 0 Å². The SMILES string of the molecule is CCn1nc(C)c(Cl)c1CC(CC)(CBr)c1ccccc1. The molecular weight excluding hydrogens is 348 g/mol. The normalized spacial score (nSPS) is 14.1. The number of halogens is 2. The van der Waals surface area contributed by atoms with Crippen molar-refractivity contribution in [3.05, 3.63) is 52.3 Å². The molecule has 1 unspecified atom stereocenters. The van der Waals surface area contributed by atoms with Crippen LogP contribution in [-0.2, 0) is 18.4 Å². The summed E-state index contributed by atoms with van der Waals surface area (Å²) in [5.74, 6) is 0. The Kier molecular flexibility index (Phi) is 5.50. The van der Waals surface area contributed by atoms with Gasteiger partial charge >= 0.3 is 0 Å². The van der Waals surface area contributed by atoms with Gasteiger partial charge in [0.2, 0.25) is 0 Å². The van der Waals surface area contributed by atoms with E-state index in [-0.39, 0.29) is 5.41 Å². The van der Waals surface area contributed by atoms with Crippen LogP contribution < -0.4 is 0 Å². The molecule has 2 aromatic rings. The summed E-state index contributed by atoms with van der Waals surface area (Å²) in [6.45, 7) is 7.17. The molecule has 1 aromatic heterocycles. The number of aryl methyl sites for hydroxylation is 2. The molecule has 1 heterocycles. The molecule has 0 saturated heterocycles. The standard InChI is InChI=1S/C17H22BrClN2/c1-4-17(12-18,14-9-7-6-8-10-14)11-15-16(19)13(3)20-21(15)5-2/h6-10H,4-5,11-12H2,1-3H3. The molecule has 0 radical (unpaired) electrons. The van der Waals surface area contributed by atoms with E-state index in [1.807, 2.05) is 11.6 Å². The van der Waals surface area contributed by atoms with E-state index in [4.69, 9.17) is 11.6 Å². The molecule has 0 fully saturated rings. The molecule has 4 heteroatoms. The maximum atomic E-state index is 6.50. The molecule has 0 spiro atoms. The van der Waals surface area contributed by atoms with Gasteiger partial charge in [0, 0.05) is 23.7 Å². The molecule has 0 bridgehead atoms. The quantitative estimate of drug-likeness (QED) is 0.644. The van der Waals surface area contributed by atoms with Crippen LogP contribution in [-0.4, -0.2) is 15.1 Å². The summed E-state index contributed by atoms with van der Waals surface area (Å²) in [7, 11) is 0. The zero-order valence-electron chi connectivity index (χ0n) is 12.9. The number of rotatable bonds is 6. The Labute approximate surface area is 140 Å². The maximum Gasteiger partial charge on any atom is 0.0847 e. The van der Waals surface area contributed by atoms with Crippen LogP contribution in [0.15, 0.2) is 30.3 Å². The lowest BCUT2D eigenvalue weighted by Gasteiger charge is -2.32. The van der Waals surface area contributed by atoms with Crippen LogP contribution in [0.25, 0.3) is 0 Å². The van der Waals surface area contributed by atoms with Crippen LogP contribution >= 0.6 is 27.5 Å². The van der Waals surface area contributed by atoms with Crippen LogP contribution in [0.5, 0.6) is 0 Å². The second-order valence-corrected chi connectivity index (χ2v) is 6.41. The topological polar surface area (TPSA) is 17.8 Å².